The monoisotopic (exact) mass is 413 g/mol. The first-order valence-electron chi connectivity index (χ1n) is 9.21. The zero-order chi connectivity index (χ0) is 21.8. The fourth-order valence-corrected chi connectivity index (χ4v) is 3.44. The molecule has 1 heterocycles. The normalized spacial score (nSPS) is 18.0. The van der Waals surface area contributed by atoms with Crippen LogP contribution in [0.3, 0.4) is 0 Å². The van der Waals surface area contributed by atoms with Crippen LogP contribution >= 0.6 is 0 Å². The second kappa shape index (κ2) is 8.87. The van der Waals surface area contributed by atoms with Crippen molar-refractivity contribution in [1.82, 2.24) is 4.90 Å². The van der Waals surface area contributed by atoms with Crippen molar-refractivity contribution in [2.45, 2.75) is 6.04 Å². The molecule has 3 rings (SSSR count). The number of aliphatic hydroxyl groups is 1. The van der Waals surface area contributed by atoms with E-state index in [2.05, 4.69) is 0 Å². The average molecular weight is 413 g/mol. The molecule has 2 N–H and O–H groups in total. The molecule has 8 heteroatoms. The van der Waals surface area contributed by atoms with Crippen LogP contribution in [0.5, 0.6) is 17.2 Å². The lowest BCUT2D eigenvalue weighted by molar-refractivity contribution is -0.140. The molecular formula is C22H23NO7. The van der Waals surface area contributed by atoms with E-state index in [1.54, 1.807) is 30.3 Å². The summed E-state index contributed by atoms with van der Waals surface area (Å²) in [5, 5.41) is 20.9. The zero-order valence-corrected chi connectivity index (χ0v) is 16.9. The summed E-state index contributed by atoms with van der Waals surface area (Å²) in [4.78, 5) is 27.0. The number of ether oxygens (including phenoxy) is 3. The highest BCUT2D eigenvalue weighted by molar-refractivity contribution is 6.46. The largest absolute Gasteiger partial charge is 0.507 e. The molecule has 0 aliphatic carbocycles. The fraction of sp³-hybridized carbons (Fsp3) is 0.273. The van der Waals surface area contributed by atoms with Crippen LogP contribution in [-0.4, -0.2) is 61.3 Å². The number of methoxy groups -OCH3 is 3. The van der Waals surface area contributed by atoms with E-state index in [-0.39, 0.29) is 36.0 Å². The Morgan fingerprint density at radius 1 is 1.07 bits per heavy atom. The predicted octanol–water partition coefficient (Wildman–Crippen LogP) is 2.48. The summed E-state index contributed by atoms with van der Waals surface area (Å²) in [6.45, 7) is 0.349. The van der Waals surface area contributed by atoms with E-state index < -0.39 is 17.7 Å². The molecule has 0 aromatic heterocycles. The van der Waals surface area contributed by atoms with E-state index in [4.69, 9.17) is 14.2 Å². The van der Waals surface area contributed by atoms with Gasteiger partial charge >= 0.3 is 0 Å². The number of aromatic hydroxyl groups is 1. The summed E-state index contributed by atoms with van der Waals surface area (Å²) in [6.07, 6.45) is 0. The second-order valence-corrected chi connectivity index (χ2v) is 6.65. The fourth-order valence-electron chi connectivity index (χ4n) is 3.44. The number of amides is 1. The Bertz CT molecular complexity index is 999. The van der Waals surface area contributed by atoms with Gasteiger partial charge in [-0.2, -0.15) is 0 Å². The van der Waals surface area contributed by atoms with Crippen LogP contribution in [0.2, 0.25) is 0 Å². The van der Waals surface area contributed by atoms with Gasteiger partial charge in [-0.05, 0) is 29.8 Å². The summed E-state index contributed by atoms with van der Waals surface area (Å²) >= 11 is 0. The summed E-state index contributed by atoms with van der Waals surface area (Å²) in [5.41, 5.74) is 0.788. The number of phenolic OH excluding ortho intramolecular Hbond substituents is 1. The standard InChI is InChI=1S/C22H23NO7/c1-28-10-9-23-19(13-7-8-16(24)17(12-13)30-3)18(21(26)22(23)27)20(25)14-5-4-6-15(11-14)29-2/h4-8,11-12,19,24-25H,9-10H2,1-3H3/t19-/m0/s1. The number of aliphatic hydroxyl groups excluding tert-OH is 1. The lowest BCUT2D eigenvalue weighted by Gasteiger charge is -2.25. The Morgan fingerprint density at radius 3 is 2.50 bits per heavy atom. The van der Waals surface area contributed by atoms with Crippen molar-refractivity contribution in [2.75, 3.05) is 34.5 Å². The van der Waals surface area contributed by atoms with Crippen LogP contribution in [-0.2, 0) is 14.3 Å². The van der Waals surface area contributed by atoms with Gasteiger partial charge in [-0.1, -0.05) is 18.2 Å². The molecule has 0 unspecified atom stereocenters. The van der Waals surface area contributed by atoms with Gasteiger partial charge in [0, 0.05) is 19.2 Å². The molecule has 1 aliphatic heterocycles. The van der Waals surface area contributed by atoms with Crippen LogP contribution in [0.4, 0.5) is 0 Å². The minimum absolute atomic E-state index is 0.0582. The van der Waals surface area contributed by atoms with Crippen molar-refractivity contribution < 1.29 is 34.0 Å². The van der Waals surface area contributed by atoms with Gasteiger partial charge in [0.1, 0.15) is 11.5 Å². The number of phenols is 1. The molecule has 1 amide bonds. The van der Waals surface area contributed by atoms with E-state index in [1.165, 1.54) is 38.4 Å². The van der Waals surface area contributed by atoms with Crippen molar-refractivity contribution in [3.63, 3.8) is 0 Å². The zero-order valence-electron chi connectivity index (χ0n) is 16.9. The topological polar surface area (TPSA) is 106 Å². The number of ketones is 1. The van der Waals surface area contributed by atoms with Crippen LogP contribution in [0.1, 0.15) is 17.2 Å². The number of hydrogen-bond acceptors (Lipinski definition) is 7. The first kappa shape index (κ1) is 21.2. The second-order valence-electron chi connectivity index (χ2n) is 6.65. The number of nitrogens with zero attached hydrogens (tertiary/aromatic N) is 1. The third-order valence-corrected chi connectivity index (χ3v) is 4.94. The molecule has 1 atom stereocenters. The van der Waals surface area contributed by atoms with Crippen molar-refractivity contribution in [3.8, 4) is 17.2 Å². The van der Waals surface area contributed by atoms with E-state index in [9.17, 15) is 19.8 Å². The molecule has 158 valence electrons. The Kier molecular flexibility index (Phi) is 6.27. The molecule has 1 fully saturated rings. The van der Waals surface area contributed by atoms with Crippen LogP contribution in [0.25, 0.3) is 5.76 Å². The average Bonchev–Trinajstić information content (AvgIpc) is 3.02. The van der Waals surface area contributed by atoms with Gasteiger partial charge in [0.15, 0.2) is 11.5 Å². The van der Waals surface area contributed by atoms with E-state index in [1.807, 2.05) is 0 Å². The maximum atomic E-state index is 12.9. The Hall–Kier alpha value is -3.52. The van der Waals surface area contributed by atoms with Gasteiger partial charge in [0.05, 0.1) is 32.4 Å². The van der Waals surface area contributed by atoms with Gasteiger partial charge in [0.2, 0.25) is 0 Å². The Balaban J connectivity index is 2.19. The SMILES string of the molecule is COCCN1C(=O)C(=O)C(=C(O)c2cccc(OC)c2)[C@@H]1c1ccc(O)c(OC)c1. The minimum atomic E-state index is -0.874. The number of Topliss-reactive ketones (excluding diaryl/α,β-unsaturated/α-hetero) is 1. The lowest BCUT2D eigenvalue weighted by atomic mass is 9.95. The first-order valence-corrected chi connectivity index (χ1v) is 9.21. The predicted molar refractivity (Wildman–Crippen MR) is 109 cm³/mol. The first-order chi connectivity index (χ1) is 14.4. The smallest absolute Gasteiger partial charge is 0.295 e. The molecule has 2 aromatic carbocycles. The summed E-state index contributed by atoms with van der Waals surface area (Å²) in [6, 6.07) is 10.2. The quantitative estimate of drug-likeness (QED) is 0.408. The van der Waals surface area contributed by atoms with E-state index in [0.29, 0.717) is 16.9 Å². The van der Waals surface area contributed by atoms with E-state index in [0.717, 1.165) is 0 Å². The van der Waals surface area contributed by atoms with E-state index >= 15 is 0 Å². The number of benzene rings is 2. The molecule has 0 spiro atoms. The highest BCUT2D eigenvalue weighted by Gasteiger charge is 2.46. The number of rotatable bonds is 7. The molecule has 1 saturated heterocycles. The molecule has 1 aliphatic rings. The molecule has 2 aromatic rings. The van der Waals surface area contributed by atoms with Crippen molar-refractivity contribution in [2.24, 2.45) is 0 Å². The molecule has 0 bridgehead atoms. The Morgan fingerprint density at radius 2 is 1.83 bits per heavy atom. The van der Waals surface area contributed by atoms with Crippen LogP contribution < -0.4 is 9.47 Å². The highest BCUT2D eigenvalue weighted by atomic mass is 16.5. The maximum absolute atomic E-state index is 12.9. The maximum Gasteiger partial charge on any atom is 0.295 e. The molecule has 8 nitrogen and oxygen atoms in total. The van der Waals surface area contributed by atoms with Gasteiger partial charge < -0.3 is 29.3 Å². The van der Waals surface area contributed by atoms with Gasteiger partial charge in [-0.25, -0.2) is 0 Å². The minimum Gasteiger partial charge on any atom is -0.507 e. The summed E-state index contributed by atoms with van der Waals surface area (Å²) in [7, 11) is 4.38. The van der Waals surface area contributed by atoms with Crippen LogP contribution in [0, 0.1) is 0 Å². The molecular weight excluding hydrogens is 390 g/mol. The van der Waals surface area contributed by atoms with Gasteiger partial charge in [-0.3, -0.25) is 9.59 Å². The third-order valence-electron chi connectivity index (χ3n) is 4.94. The third kappa shape index (κ3) is 3.81. The summed E-state index contributed by atoms with van der Waals surface area (Å²) < 4.78 is 15.4. The number of carbonyl (C=O) groups excluding carboxylic acids is 2. The molecule has 30 heavy (non-hydrogen) atoms. The molecule has 0 saturated carbocycles. The van der Waals surface area contributed by atoms with Gasteiger partial charge in [-0.15, -0.1) is 0 Å². The highest BCUT2D eigenvalue weighted by Crippen LogP contribution is 2.41. The Labute approximate surface area is 173 Å². The van der Waals surface area contributed by atoms with Crippen molar-refractivity contribution in [1.29, 1.82) is 0 Å². The van der Waals surface area contributed by atoms with Crippen molar-refractivity contribution >= 4 is 17.4 Å². The van der Waals surface area contributed by atoms with Crippen molar-refractivity contribution in [3.05, 3.63) is 59.2 Å². The van der Waals surface area contributed by atoms with Crippen LogP contribution in [0.15, 0.2) is 48.0 Å². The number of hydrogen-bond donors (Lipinski definition) is 2. The summed E-state index contributed by atoms with van der Waals surface area (Å²) in [5.74, 6) is -1.26. The molecule has 0 radical (unpaired) electrons. The number of likely N-dealkylation sites (tertiary alicyclic amines) is 1. The lowest BCUT2D eigenvalue weighted by Crippen LogP contribution is -2.32. The number of carbonyl (C=O) groups is 2. The van der Waals surface area contributed by atoms with Gasteiger partial charge in [0.25, 0.3) is 11.7 Å².